The minimum absolute atomic E-state index is 0.0568. The molecule has 1 saturated heterocycles. The van der Waals surface area contributed by atoms with Crippen molar-refractivity contribution in [3.05, 3.63) is 18.2 Å². The molecule has 0 saturated carbocycles. The first-order chi connectivity index (χ1) is 10.5. The lowest BCUT2D eigenvalue weighted by Gasteiger charge is -2.47. The van der Waals surface area contributed by atoms with Gasteiger partial charge < -0.3 is 19.9 Å². The molecule has 2 heterocycles. The van der Waals surface area contributed by atoms with Crippen molar-refractivity contribution >= 4 is 5.91 Å². The number of rotatable bonds is 5. The number of likely N-dealkylation sites (N-methyl/N-ethyl adjacent to an activating group) is 1. The van der Waals surface area contributed by atoms with E-state index in [2.05, 4.69) is 15.3 Å². The Hall–Kier alpha value is -1.77. The highest BCUT2D eigenvalue weighted by Crippen LogP contribution is 2.21. The fourth-order valence-electron chi connectivity index (χ4n) is 2.35. The molecule has 0 unspecified atom stereocenters. The SMILES string of the molecule is COc1cnc(C(=O)NC[C@]2(CO)COC[C@@H](C)N2C)nc1. The number of hydrogen-bond donors (Lipinski definition) is 2. The van der Waals surface area contributed by atoms with Crippen LogP contribution in [0.3, 0.4) is 0 Å². The number of amides is 1. The molecule has 1 aliphatic heterocycles. The Labute approximate surface area is 129 Å². The summed E-state index contributed by atoms with van der Waals surface area (Å²) in [5.74, 6) is 0.140. The molecule has 8 nitrogen and oxygen atoms in total. The number of aliphatic hydroxyl groups is 1. The van der Waals surface area contributed by atoms with Crippen LogP contribution in [-0.2, 0) is 4.74 Å². The minimum atomic E-state index is -0.639. The normalized spacial score (nSPS) is 25.7. The molecule has 0 radical (unpaired) electrons. The van der Waals surface area contributed by atoms with Crippen LogP contribution in [0, 0.1) is 0 Å². The molecule has 2 rings (SSSR count). The second kappa shape index (κ2) is 6.99. The number of nitrogens with zero attached hydrogens (tertiary/aromatic N) is 3. The van der Waals surface area contributed by atoms with Gasteiger partial charge in [-0.15, -0.1) is 0 Å². The summed E-state index contributed by atoms with van der Waals surface area (Å²) >= 11 is 0. The van der Waals surface area contributed by atoms with Crippen molar-refractivity contribution in [1.82, 2.24) is 20.2 Å². The van der Waals surface area contributed by atoms with Crippen LogP contribution in [0.15, 0.2) is 12.4 Å². The van der Waals surface area contributed by atoms with E-state index in [1.54, 1.807) is 0 Å². The zero-order valence-corrected chi connectivity index (χ0v) is 13.1. The van der Waals surface area contributed by atoms with Crippen molar-refractivity contribution in [1.29, 1.82) is 0 Å². The van der Waals surface area contributed by atoms with Crippen molar-refractivity contribution in [2.75, 3.05) is 40.5 Å². The van der Waals surface area contributed by atoms with Gasteiger partial charge in [-0.05, 0) is 14.0 Å². The van der Waals surface area contributed by atoms with Crippen molar-refractivity contribution in [2.45, 2.75) is 18.5 Å². The minimum Gasteiger partial charge on any atom is -0.494 e. The van der Waals surface area contributed by atoms with Gasteiger partial charge in [0.2, 0.25) is 5.82 Å². The van der Waals surface area contributed by atoms with Crippen LogP contribution < -0.4 is 10.1 Å². The predicted molar refractivity (Wildman–Crippen MR) is 78.8 cm³/mol. The van der Waals surface area contributed by atoms with Gasteiger partial charge in [-0.2, -0.15) is 0 Å². The van der Waals surface area contributed by atoms with Gasteiger partial charge in [-0.3, -0.25) is 9.69 Å². The molecular formula is C14H22N4O4. The Morgan fingerprint density at radius 1 is 1.59 bits per heavy atom. The molecule has 1 amide bonds. The second-order valence-corrected chi connectivity index (χ2v) is 5.49. The molecule has 2 N–H and O–H groups in total. The smallest absolute Gasteiger partial charge is 0.289 e. The largest absolute Gasteiger partial charge is 0.494 e. The van der Waals surface area contributed by atoms with E-state index in [1.807, 2.05) is 18.9 Å². The van der Waals surface area contributed by atoms with Gasteiger partial charge in [0, 0.05) is 12.6 Å². The van der Waals surface area contributed by atoms with E-state index in [-0.39, 0.29) is 25.0 Å². The van der Waals surface area contributed by atoms with Gasteiger partial charge in [0.25, 0.3) is 5.91 Å². The molecule has 1 fully saturated rings. The predicted octanol–water partition coefficient (Wildman–Crippen LogP) is -0.703. The first-order valence-corrected chi connectivity index (χ1v) is 7.08. The number of carbonyl (C=O) groups is 1. The van der Waals surface area contributed by atoms with E-state index >= 15 is 0 Å². The van der Waals surface area contributed by atoms with Gasteiger partial charge in [0.1, 0.15) is 0 Å². The number of nitrogens with one attached hydrogen (secondary N) is 1. The summed E-state index contributed by atoms with van der Waals surface area (Å²) in [5, 5.41) is 12.5. The Bertz CT molecular complexity index is 510. The van der Waals surface area contributed by atoms with Crippen molar-refractivity contribution in [2.24, 2.45) is 0 Å². The highest BCUT2D eigenvalue weighted by molar-refractivity contribution is 5.90. The number of morpholine rings is 1. The van der Waals surface area contributed by atoms with Gasteiger partial charge >= 0.3 is 0 Å². The van der Waals surface area contributed by atoms with Crippen LogP contribution in [0.4, 0.5) is 0 Å². The summed E-state index contributed by atoms with van der Waals surface area (Å²) in [6.45, 7) is 3.11. The molecule has 0 aromatic carbocycles. The molecule has 22 heavy (non-hydrogen) atoms. The van der Waals surface area contributed by atoms with Crippen LogP contribution in [0.5, 0.6) is 5.75 Å². The van der Waals surface area contributed by atoms with Crippen LogP contribution in [-0.4, -0.2) is 78.0 Å². The summed E-state index contributed by atoms with van der Waals surface area (Å²) < 4.78 is 10.5. The fraction of sp³-hybridized carbons (Fsp3) is 0.643. The Morgan fingerprint density at radius 3 is 2.86 bits per heavy atom. The van der Waals surface area contributed by atoms with E-state index in [9.17, 15) is 9.90 Å². The van der Waals surface area contributed by atoms with Crippen LogP contribution >= 0.6 is 0 Å². The summed E-state index contributed by atoms with van der Waals surface area (Å²) in [5.41, 5.74) is -0.639. The second-order valence-electron chi connectivity index (χ2n) is 5.49. The third kappa shape index (κ3) is 3.34. The summed E-state index contributed by atoms with van der Waals surface area (Å²) in [6.07, 6.45) is 2.86. The van der Waals surface area contributed by atoms with Gasteiger partial charge in [0.05, 0.1) is 44.9 Å². The molecule has 0 bridgehead atoms. The zero-order chi connectivity index (χ0) is 16.2. The molecule has 0 spiro atoms. The Balaban J connectivity index is 2.01. The van der Waals surface area contributed by atoms with Crippen molar-refractivity contribution in [3.8, 4) is 5.75 Å². The standard InChI is InChI=1S/C14H22N4O4/c1-10-6-22-9-14(8-19,18(10)2)7-17-13(20)12-15-4-11(21-3)5-16-12/h4-5,10,19H,6-9H2,1-3H3,(H,17,20)/t10-,14+/m1/s1. The number of methoxy groups -OCH3 is 1. The first kappa shape index (κ1) is 16.6. The Morgan fingerprint density at radius 2 is 2.27 bits per heavy atom. The molecule has 0 aliphatic carbocycles. The lowest BCUT2D eigenvalue weighted by Crippen LogP contribution is -2.65. The zero-order valence-electron chi connectivity index (χ0n) is 13.1. The number of aliphatic hydroxyl groups excluding tert-OH is 1. The molecular weight excluding hydrogens is 288 g/mol. The monoisotopic (exact) mass is 310 g/mol. The molecule has 1 aromatic rings. The summed E-state index contributed by atoms with van der Waals surface area (Å²) in [7, 11) is 3.42. The first-order valence-electron chi connectivity index (χ1n) is 7.08. The van der Waals surface area contributed by atoms with Crippen LogP contribution in [0.2, 0.25) is 0 Å². The third-order valence-corrected chi connectivity index (χ3v) is 4.08. The van der Waals surface area contributed by atoms with E-state index in [1.165, 1.54) is 19.5 Å². The highest BCUT2D eigenvalue weighted by Gasteiger charge is 2.40. The van der Waals surface area contributed by atoms with Crippen LogP contribution in [0.25, 0.3) is 0 Å². The average Bonchev–Trinajstić information content (AvgIpc) is 2.56. The van der Waals surface area contributed by atoms with Gasteiger partial charge in [0.15, 0.2) is 5.75 Å². The maximum Gasteiger partial charge on any atom is 0.289 e. The topological polar surface area (TPSA) is 96.8 Å². The lowest BCUT2D eigenvalue weighted by molar-refractivity contribution is -0.105. The molecule has 8 heteroatoms. The van der Waals surface area contributed by atoms with Crippen LogP contribution in [0.1, 0.15) is 17.5 Å². The number of ether oxygens (including phenoxy) is 2. The maximum atomic E-state index is 12.1. The van der Waals surface area contributed by atoms with Crippen molar-refractivity contribution < 1.29 is 19.4 Å². The molecule has 2 atom stereocenters. The molecule has 122 valence electrons. The number of carbonyl (C=O) groups excluding carboxylic acids is 1. The lowest BCUT2D eigenvalue weighted by atomic mass is 9.96. The molecule has 1 aromatic heterocycles. The van der Waals surface area contributed by atoms with Crippen molar-refractivity contribution in [3.63, 3.8) is 0 Å². The van der Waals surface area contributed by atoms with E-state index in [0.29, 0.717) is 19.0 Å². The van der Waals surface area contributed by atoms with E-state index < -0.39 is 11.4 Å². The number of aromatic nitrogens is 2. The Kier molecular flexibility index (Phi) is 5.28. The van der Waals surface area contributed by atoms with Gasteiger partial charge in [-0.25, -0.2) is 9.97 Å². The fourth-order valence-corrected chi connectivity index (χ4v) is 2.35. The number of hydrogen-bond acceptors (Lipinski definition) is 7. The highest BCUT2D eigenvalue weighted by atomic mass is 16.5. The quantitative estimate of drug-likeness (QED) is 0.742. The third-order valence-electron chi connectivity index (χ3n) is 4.08. The van der Waals surface area contributed by atoms with Gasteiger partial charge in [-0.1, -0.05) is 0 Å². The van der Waals surface area contributed by atoms with E-state index in [4.69, 9.17) is 9.47 Å². The maximum absolute atomic E-state index is 12.1. The summed E-state index contributed by atoms with van der Waals surface area (Å²) in [4.78, 5) is 22.0. The average molecular weight is 310 g/mol. The van der Waals surface area contributed by atoms with E-state index in [0.717, 1.165) is 0 Å². The summed E-state index contributed by atoms with van der Waals surface area (Å²) in [6, 6.07) is 0.162. The molecule has 1 aliphatic rings.